The lowest BCUT2D eigenvalue weighted by Crippen LogP contribution is -2.16. The standard InChI is InChI=1S/C29H35F3O/c1-3-33-24-15-14-23(27(30)18-24)13-8-20-6-11-22(12-7-20)26-17-16-25(28(31)29(26)32)21-9-4-19(2)5-10-21/h8,13-22H,3-7,9-12H2,1-2H3/b13-8+. The second-order valence-electron chi connectivity index (χ2n) is 9.92. The quantitative estimate of drug-likeness (QED) is 0.422. The Morgan fingerprint density at radius 2 is 1.39 bits per heavy atom. The Morgan fingerprint density at radius 1 is 0.818 bits per heavy atom. The highest BCUT2D eigenvalue weighted by Crippen LogP contribution is 2.41. The third-order valence-electron chi connectivity index (χ3n) is 7.64. The van der Waals surface area contributed by atoms with Crippen LogP contribution < -0.4 is 4.74 Å². The molecule has 2 aromatic carbocycles. The topological polar surface area (TPSA) is 9.23 Å². The molecule has 2 saturated carbocycles. The zero-order valence-electron chi connectivity index (χ0n) is 19.8. The van der Waals surface area contributed by atoms with Gasteiger partial charge in [-0.1, -0.05) is 44.1 Å². The number of ether oxygens (including phenoxy) is 1. The van der Waals surface area contributed by atoms with Crippen LogP contribution in [0, 0.1) is 29.3 Å². The predicted molar refractivity (Wildman–Crippen MR) is 128 cm³/mol. The van der Waals surface area contributed by atoms with Crippen molar-refractivity contribution >= 4 is 6.08 Å². The van der Waals surface area contributed by atoms with E-state index in [1.54, 1.807) is 12.1 Å². The minimum atomic E-state index is -0.637. The van der Waals surface area contributed by atoms with Crippen molar-refractivity contribution in [1.82, 2.24) is 0 Å². The van der Waals surface area contributed by atoms with Crippen LogP contribution in [0.25, 0.3) is 6.08 Å². The Morgan fingerprint density at radius 3 is 1.94 bits per heavy atom. The normalized spacial score (nSPS) is 26.0. The molecule has 0 saturated heterocycles. The zero-order valence-corrected chi connectivity index (χ0v) is 19.8. The summed E-state index contributed by atoms with van der Waals surface area (Å²) in [5.41, 5.74) is 1.64. The van der Waals surface area contributed by atoms with Gasteiger partial charge < -0.3 is 4.74 Å². The fourth-order valence-electron chi connectivity index (χ4n) is 5.54. The first-order valence-electron chi connectivity index (χ1n) is 12.5. The Kier molecular flexibility index (Phi) is 7.82. The average molecular weight is 457 g/mol. The number of hydrogen-bond donors (Lipinski definition) is 0. The molecule has 0 amide bonds. The molecule has 178 valence electrons. The maximum Gasteiger partial charge on any atom is 0.162 e. The largest absolute Gasteiger partial charge is 0.494 e. The number of halogens is 3. The fraction of sp³-hybridized carbons (Fsp3) is 0.517. The Balaban J connectivity index is 1.37. The summed E-state index contributed by atoms with van der Waals surface area (Å²) in [5, 5.41) is 0. The maximum absolute atomic E-state index is 15.0. The van der Waals surface area contributed by atoms with Crippen molar-refractivity contribution < 1.29 is 17.9 Å². The van der Waals surface area contributed by atoms with Gasteiger partial charge in [-0.15, -0.1) is 0 Å². The third-order valence-corrected chi connectivity index (χ3v) is 7.64. The molecule has 0 heterocycles. The molecule has 0 bridgehead atoms. The highest BCUT2D eigenvalue weighted by Gasteiger charge is 2.28. The molecule has 33 heavy (non-hydrogen) atoms. The van der Waals surface area contributed by atoms with E-state index in [0.29, 0.717) is 40.9 Å². The summed E-state index contributed by atoms with van der Waals surface area (Å²) in [6.45, 7) is 4.61. The summed E-state index contributed by atoms with van der Waals surface area (Å²) in [6.07, 6.45) is 11.4. The van der Waals surface area contributed by atoms with Gasteiger partial charge in [0.05, 0.1) is 6.61 Å². The number of allylic oxidation sites excluding steroid dienone is 1. The zero-order chi connectivity index (χ0) is 23.4. The van der Waals surface area contributed by atoms with Gasteiger partial charge in [-0.25, -0.2) is 13.2 Å². The molecule has 0 aromatic heterocycles. The van der Waals surface area contributed by atoms with Gasteiger partial charge in [0, 0.05) is 11.6 Å². The van der Waals surface area contributed by atoms with Gasteiger partial charge >= 0.3 is 0 Å². The Hall–Kier alpha value is -2.23. The van der Waals surface area contributed by atoms with Crippen LogP contribution in [0.5, 0.6) is 5.75 Å². The first-order valence-corrected chi connectivity index (χ1v) is 12.5. The van der Waals surface area contributed by atoms with Crippen LogP contribution in [0.4, 0.5) is 13.2 Å². The maximum atomic E-state index is 15.0. The van der Waals surface area contributed by atoms with Crippen LogP contribution >= 0.6 is 0 Å². The second-order valence-corrected chi connectivity index (χ2v) is 9.92. The highest BCUT2D eigenvalue weighted by molar-refractivity contribution is 5.52. The summed E-state index contributed by atoms with van der Waals surface area (Å²) in [4.78, 5) is 0. The fourth-order valence-corrected chi connectivity index (χ4v) is 5.54. The van der Waals surface area contributed by atoms with Crippen LogP contribution in [0.3, 0.4) is 0 Å². The lowest BCUT2D eigenvalue weighted by atomic mass is 9.76. The van der Waals surface area contributed by atoms with Gasteiger partial charge in [-0.05, 0) is 92.4 Å². The molecule has 2 aliphatic carbocycles. The third kappa shape index (κ3) is 5.65. The van der Waals surface area contributed by atoms with Gasteiger partial charge in [0.1, 0.15) is 11.6 Å². The molecule has 2 aliphatic rings. The van der Waals surface area contributed by atoms with Crippen LogP contribution in [-0.4, -0.2) is 6.61 Å². The molecule has 0 N–H and O–H groups in total. The number of hydrogen-bond acceptors (Lipinski definition) is 1. The summed E-state index contributed by atoms with van der Waals surface area (Å²) >= 11 is 0. The monoisotopic (exact) mass is 456 g/mol. The first kappa shape index (κ1) is 23.9. The molecular formula is C29H35F3O. The summed E-state index contributed by atoms with van der Waals surface area (Å²) in [7, 11) is 0. The van der Waals surface area contributed by atoms with Crippen molar-refractivity contribution in [2.45, 2.75) is 77.0 Å². The van der Waals surface area contributed by atoms with Gasteiger partial charge in [0.15, 0.2) is 11.6 Å². The van der Waals surface area contributed by atoms with E-state index in [0.717, 1.165) is 51.4 Å². The van der Waals surface area contributed by atoms with Crippen LogP contribution in [0.1, 0.15) is 93.7 Å². The Bertz CT molecular complexity index is 967. The molecule has 4 rings (SSSR count). The van der Waals surface area contributed by atoms with E-state index in [-0.39, 0.29) is 17.7 Å². The predicted octanol–water partition coefficient (Wildman–Crippen LogP) is 8.78. The van der Waals surface area contributed by atoms with Gasteiger partial charge in [0.25, 0.3) is 0 Å². The summed E-state index contributed by atoms with van der Waals surface area (Å²) in [6, 6.07) is 8.60. The van der Waals surface area contributed by atoms with Crippen molar-refractivity contribution in [1.29, 1.82) is 0 Å². The molecule has 0 spiro atoms. The van der Waals surface area contributed by atoms with Crippen molar-refractivity contribution in [3.05, 3.63) is 70.5 Å². The summed E-state index contributed by atoms with van der Waals surface area (Å²) < 4.78 is 49.6. The van der Waals surface area contributed by atoms with E-state index in [1.807, 2.05) is 25.1 Å². The van der Waals surface area contributed by atoms with E-state index in [2.05, 4.69) is 13.0 Å². The molecule has 0 radical (unpaired) electrons. The van der Waals surface area contributed by atoms with Crippen molar-refractivity contribution in [3.63, 3.8) is 0 Å². The number of benzene rings is 2. The van der Waals surface area contributed by atoms with Gasteiger partial charge in [0.2, 0.25) is 0 Å². The minimum absolute atomic E-state index is 0.0480. The molecule has 0 unspecified atom stereocenters. The van der Waals surface area contributed by atoms with Crippen molar-refractivity contribution in [2.24, 2.45) is 11.8 Å². The van der Waals surface area contributed by atoms with E-state index >= 15 is 4.39 Å². The van der Waals surface area contributed by atoms with Crippen LogP contribution in [0.15, 0.2) is 36.4 Å². The first-order chi connectivity index (χ1) is 16.0. The van der Waals surface area contributed by atoms with E-state index in [9.17, 15) is 8.78 Å². The molecule has 2 aromatic rings. The molecule has 1 nitrogen and oxygen atoms in total. The van der Waals surface area contributed by atoms with Crippen LogP contribution in [0.2, 0.25) is 0 Å². The average Bonchev–Trinajstić information content (AvgIpc) is 2.82. The molecular weight excluding hydrogens is 421 g/mol. The highest BCUT2D eigenvalue weighted by atomic mass is 19.2. The minimum Gasteiger partial charge on any atom is -0.494 e. The summed E-state index contributed by atoms with van der Waals surface area (Å²) in [5.74, 6) is 0.177. The van der Waals surface area contributed by atoms with Crippen LogP contribution in [-0.2, 0) is 0 Å². The van der Waals surface area contributed by atoms with E-state index in [4.69, 9.17) is 4.74 Å². The van der Waals surface area contributed by atoms with Crippen molar-refractivity contribution in [2.75, 3.05) is 6.61 Å². The van der Waals surface area contributed by atoms with Gasteiger partial charge in [-0.3, -0.25) is 0 Å². The molecule has 0 atom stereocenters. The van der Waals surface area contributed by atoms with Gasteiger partial charge in [-0.2, -0.15) is 0 Å². The number of rotatable bonds is 6. The molecule has 4 heteroatoms. The lowest BCUT2D eigenvalue weighted by Gasteiger charge is -2.29. The Labute approximate surface area is 196 Å². The van der Waals surface area contributed by atoms with E-state index < -0.39 is 11.6 Å². The van der Waals surface area contributed by atoms with E-state index in [1.165, 1.54) is 6.07 Å². The molecule has 2 fully saturated rings. The second kappa shape index (κ2) is 10.8. The molecule has 0 aliphatic heterocycles. The van der Waals surface area contributed by atoms with Crippen molar-refractivity contribution in [3.8, 4) is 5.75 Å². The smallest absolute Gasteiger partial charge is 0.162 e. The lowest BCUT2D eigenvalue weighted by molar-refractivity contribution is 0.336. The SMILES string of the molecule is CCOc1ccc(/C=C/C2CCC(c3ccc(C4CCC(C)CC4)c(F)c3F)CC2)c(F)c1.